The van der Waals surface area contributed by atoms with E-state index in [1.165, 1.54) is 10.3 Å². The Hall–Kier alpha value is -1.79. The van der Waals surface area contributed by atoms with Crippen molar-refractivity contribution in [1.82, 2.24) is 19.5 Å². The third-order valence-electron chi connectivity index (χ3n) is 3.15. The van der Waals surface area contributed by atoms with E-state index < -0.39 is 0 Å². The van der Waals surface area contributed by atoms with Crippen LogP contribution in [0, 0.1) is 0 Å². The zero-order valence-corrected chi connectivity index (χ0v) is 12.7. The fourth-order valence-corrected chi connectivity index (χ4v) is 3.72. The molecule has 0 radical (unpaired) electrons. The fourth-order valence-electron chi connectivity index (χ4n) is 2.25. The molecule has 0 saturated heterocycles. The molecular weight excluding hydrogens is 336 g/mol. The van der Waals surface area contributed by atoms with Crippen molar-refractivity contribution < 1.29 is 0 Å². The van der Waals surface area contributed by atoms with Crippen LogP contribution in [0.15, 0.2) is 46.8 Å². The topological polar surface area (TPSA) is 43.6 Å². The summed E-state index contributed by atoms with van der Waals surface area (Å²) in [7, 11) is 0. The molecule has 3 heterocycles. The summed E-state index contributed by atoms with van der Waals surface area (Å²) in [6.07, 6.45) is 3.63. The number of imidazole rings is 1. The molecule has 98 valence electrons. The maximum Gasteiger partial charge on any atom is 0.160 e. The van der Waals surface area contributed by atoms with Crippen LogP contribution in [0.2, 0.25) is 0 Å². The Bertz CT molecular complexity index is 912. The number of rotatable bonds is 2. The van der Waals surface area contributed by atoms with Gasteiger partial charge < -0.3 is 4.57 Å². The first kappa shape index (κ1) is 12.0. The number of halogens is 1. The van der Waals surface area contributed by atoms with Crippen LogP contribution in [-0.2, 0) is 6.54 Å². The average molecular weight is 345 g/mol. The van der Waals surface area contributed by atoms with Crippen molar-refractivity contribution in [3.63, 3.8) is 0 Å². The molecule has 6 heteroatoms. The zero-order chi connectivity index (χ0) is 13.5. The van der Waals surface area contributed by atoms with Crippen molar-refractivity contribution >= 4 is 48.6 Å². The number of thiazole rings is 1. The number of hydrogen-bond donors (Lipinski definition) is 0. The average Bonchev–Trinajstić information content (AvgIpc) is 3.02. The van der Waals surface area contributed by atoms with E-state index in [4.69, 9.17) is 0 Å². The van der Waals surface area contributed by atoms with Crippen molar-refractivity contribution in [3.05, 3.63) is 52.3 Å². The summed E-state index contributed by atoms with van der Waals surface area (Å²) in [5, 5.41) is 0. The van der Waals surface area contributed by atoms with Gasteiger partial charge >= 0.3 is 0 Å². The number of fused-ring (bicyclic) bond motifs is 2. The summed E-state index contributed by atoms with van der Waals surface area (Å²) in [5.74, 6) is 0. The van der Waals surface area contributed by atoms with E-state index in [1.807, 2.05) is 18.5 Å². The molecule has 0 fully saturated rings. The van der Waals surface area contributed by atoms with Gasteiger partial charge in [0.05, 0.1) is 23.1 Å². The van der Waals surface area contributed by atoms with Gasteiger partial charge in [-0.1, -0.05) is 6.07 Å². The molecule has 0 atom stereocenters. The predicted octanol–water partition coefficient (Wildman–Crippen LogP) is 3.85. The van der Waals surface area contributed by atoms with Crippen LogP contribution in [0.25, 0.3) is 21.4 Å². The first-order chi connectivity index (χ1) is 9.79. The summed E-state index contributed by atoms with van der Waals surface area (Å²) in [6, 6.07) is 10.2. The van der Waals surface area contributed by atoms with Crippen LogP contribution in [0.3, 0.4) is 0 Å². The van der Waals surface area contributed by atoms with Gasteiger partial charge in [0.15, 0.2) is 9.56 Å². The molecular formula is C14H9BrN4S. The first-order valence-electron chi connectivity index (χ1n) is 6.10. The summed E-state index contributed by atoms with van der Waals surface area (Å²) < 4.78 is 4.17. The number of nitrogens with zero attached hydrogens (tertiary/aromatic N) is 4. The minimum atomic E-state index is 0.763. The Morgan fingerprint density at radius 2 is 2.10 bits per heavy atom. The van der Waals surface area contributed by atoms with Crippen LogP contribution < -0.4 is 0 Å². The lowest BCUT2D eigenvalue weighted by molar-refractivity contribution is 0.815. The van der Waals surface area contributed by atoms with E-state index in [0.717, 1.165) is 27.1 Å². The second-order valence-electron chi connectivity index (χ2n) is 4.49. The molecule has 0 amide bonds. The largest absolute Gasteiger partial charge is 0.311 e. The molecule has 0 aliphatic heterocycles. The molecule has 20 heavy (non-hydrogen) atoms. The normalized spacial score (nSPS) is 11.4. The highest BCUT2D eigenvalue weighted by atomic mass is 79.9. The monoisotopic (exact) mass is 344 g/mol. The molecule has 0 bridgehead atoms. The van der Waals surface area contributed by atoms with Gasteiger partial charge in [-0.05, 0) is 45.8 Å². The molecule has 0 spiro atoms. The van der Waals surface area contributed by atoms with Crippen molar-refractivity contribution in [3.8, 4) is 0 Å². The SMILES string of the molecule is Brc1nc2ccc(Cn3cnc4cccnc43)cc2s1. The van der Waals surface area contributed by atoms with Gasteiger partial charge in [-0.2, -0.15) is 0 Å². The molecule has 0 aliphatic rings. The van der Waals surface area contributed by atoms with Gasteiger partial charge in [-0.3, -0.25) is 0 Å². The predicted molar refractivity (Wildman–Crippen MR) is 84.0 cm³/mol. The highest BCUT2D eigenvalue weighted by Gasteiger charge is 2.06. The van der Waals surface area contributed by atoms with Crippen molar-refractivity contribution in [2.45, 2.75) is 6.54 Å². The van der Waals surface area contributed by atoms with E-state index >= 15 is 0 Å². The number of aromatic nitrogens is 4. The molecule has 0 aliphatic carbocycles. The number of pyridine rings is 1. The first-order valence-corrected chi connectivity index (χ1v) is 7.71. The van der Waals surface area contributed by atoms with Crippen LogP contribution in [-0.4, -0.2) is 19.5 Å². The van der Waals surface area contributed by atoms with Crippen LogP contribution in [0.4, 0.5) is 0 Å². The fraction of sp³-hybridized carbons (Fsp3) is 0.0714. The smallest absolute Gasteiger partial charge is 0.160 e. The van der Waals surface area contributed by atoms with Gasteiger partial charge in [0.25, 0.3) is 0 Å². The molecule has 3 aromatic heterocycles. The third-order valence-corrected chi connectivity index (χ3v) is 4.62. The molecule has 0 saturated carbocycles. The molecule has 4 nitrogen and oxygen atoms in total. The third kappa shape index (κ3) is 2.01. The standard InChI is InChI=1S/C14H9BrN4S/c15-14-18-10-4-3-9(6-12(10)20-14)7-19-8-17-11-2-1-5-16-13(11)19/h1-6,8H,7H2. The number of benzene rings is 1. The summed E-state index contributed by atoms with van der Waals surface area (Å²) in [6.45, 7) is 0.763. The Labute approximate surface area is 127 Å². The number of hydrogen-bond acceptors (Lipinski definition) is 4. The highest BCUT2D eigenvalue weighted by Crippen LogP contribution is 2.27. The summed E-state index contributed by atoms with van der Waals surface area (Å²) >= 11 is 5.07. The lowest BCUT2D eigenvalue weighted by atomic mass is 10.2. The van der Waals surface area contributed by atoms with Crippen LogP contribution >= 0.6 is 27.3 Å². The maximum absolute atomic E-state index is 4.40. The van der Waals surface area contributed by atoms with Gasteiger partial charge in [0, 0.05) is 6.20 Å². The van der Waals surface area contributed by atoms with Crippen molar-refractivity contribution in [2.24, 2.45) is 0 Å². The van der Waals surface area contributed by atoms with Gasteiger partial charge in [-0.15, -0.1) is 11.3 Å². The summed E-state index contributed by atoms with van der Waals surface area (Å²) in [5.41, 5.74) is 4.09. The summed E-state index contributed by atoms with van der Waals surface area (Å²) in [4.78, 5) is 13.2. The van der Waals surface area contributed by atoms with E-state index in [1.54, 1.807) is 17.5 Å². The maximum atomic E-state index is 4.40. The van der Waals surface area contributed by atoms with Crippen molar-refractivity contribution in [1.29, 1.82) is 0 Å². The van der Waals surface area contributed by atoms with Crippen LogP contribution in [0.1, 0.15) is 5.56 Å². The van der Waals surface area contributed by atoms with E-state index in [2.05, 4.69) is 53.6 Å². The molecule has 4 rings (SSSR count). The minimum Gasteiger partial charge on any atom is -0.311 e. The second-order valence-corrected chi connectivity index (χ2v) is 6.79. The Morgan fingerprint density at radius 1 is 1.15 bits per heavy atom. The van der Waals surface area contributed by atoms with Crippen molar-refractivity contribution in [2.75, 3.05) is 0 Å². The van der Waals surface area contributed by atoms with Gasteiger partial charge in [-0.25, -0.2) is 15.0 Å². The Kier molecular flexibility index (Phi) is 2.78. The quantitative estimate of drug-likeness (QED) is 0.554. The molecule has 0 unspecified atom stereocenters. The van der Waals surface area contributed by atoms with E-state index in [0.29, 0.717) is 0 Å². The Morgan fingerprint density at radius 3 is 3.05 bits per heavy atom. The second kappa shape index (κ2) is 4.64. The van der Waals surface area contributed by atoms with E-state index in [-0.39, 0.29) is 0 Å². The molecule has 1 aromatic carbocycles. The highest BCUT2D eigenvalue weighted by molar-refractivity contribution is 9.11. The van der Waals surface area contributed by atoms with Gasteiger partial charge in [0.1, 0.15) is 5.52 Å². The Balaban J connectivity index is 1.76. The minimum absolute atomic E-state index is 0.763. The molecule has 0 N–H and O–H groups in total. The molecule has 4 aromatic rings. The lowest BCUT2D eigenvalue weighted by Gasteiger charge is -2.03. The van der Waals surface area contributed by atoms with Gasteiger partial charge in [0.2, 0.25) is 0 Å². The van der Waals surface area contributed by atoms with E-state index in [9.17, 15) is 0 Å². The van der Waals surface area contributed by atoms with Crippen LogP contribution in [0.5, 0.6) is 0 Å². The lowest BCUT2D eigenvalue weighted by Crippen LogP contribution is -1.98. The zero-order valence-electron chi connectivity index (χ0n) is 10.3.